The Morgan fingerprint density at radius 1 is 1.28 bits per heavy atom. The van der Waals surface area contributed by atoms with Crippen LogP contribution in [-0.4, -0.2) is 42.4 Å². The number of hydrogen-bond acceptors (Lipinski definition) is 5. The average Bonchev–Trinajstić information content (AvgIpc) is 2.95. The zero-order chi connectivity index (χ0) is 17.4. The summed E-state index contributed by atoms with van der Waals surface area (Å²) in [6, 6.07) is 14.0. The van der Waals surface area contributed by atoms with Crippen molar-refractivity contribution in [1.82, 2.24) is 5.32 Å². The van der Waals surface area contributed by atoms with Gasteiger partial charge >= 0.3 is 0 Å². The number of anilines is 1. The number of rotatable bonds is 3. The molecule has 1 aliphatic heterocycles. The number of carbonyl (C=O) groups excluding carboxylic acids is 1. The number of hydrogen-bond donors (Lipinski definition) is 3. The van der Waals surface area contributed by atoms with Gasteiger partial charge in [-0.2, -0.15) is 0 Å². The van der Waals surface area contributed by atoms with Crippen LogP contribution in [0.3, 0.4) is 0 Å². The maximum absolute atomic E-state index is 12.5. The molecule has 2 aliphatic rings. The number of nitrogens with one attached hydrogen (secondary N) is 2. The summed E-state index contributed by atoms with van der Waals surface area (Å²) < 4.78 is 11.1. The molecule has 2 aromatic rings. The first-order valence-electron chi connectivity index (χ1n) is 8.31. The zero-order valence-corrected chi connectivity index (χ0v) is 13.8. The van der Waals surface area contributed by atoms with Crippen LogP contribution < -0.4 is 20.1 Å². The van der Waals surface area contributed by atoms with Crippen LogP contribution in [0, 0.1) is 0 Å². The molecule has 1 fully saturated rings. The molecule has 1 aliphatic carbocycles. The van der Waals surface area contributed by atoms with E-state index in [1.165, 1.54) is 0 Å². The van der Waals surface area contributed by atoms with Crippen molar-refractivity contribution in [3.8, 4) is 11.5 Å². The number of aliphatic hydroxyl groups is 1. The third kappa shape index (κ3) is 2.89. The summed E-state index contributed by atoms with van der Waals surface area (Å²) in [4.78, 5) is 12.5. The number of ether oxygens (including phenoxy) is 2. The standard InChI is InChI=1S/C19H20N2O4/c1-24-12-6-4-5-11(9-12)19(23)21-14-10-16-17(18(14)22)20-13-7-2-3-8-15(13)25-16/h2-9,14,16-18,20,22H,10H2,1H3,(H,21,23)/t14-,16-,17-,18-/m1/s1. The molecule has 0 saturated heterocycles. The lowest BCUT2D eigenvalue weighted by molar-refractivity contribution is 0.0853. The van der Waals surface area contributed by atoms with Gasteiger partial charge in [0.25, 0.3) is 5.91 Å². The fourth-order valence-corrected chi connectivity index (χ4v) is 3.50. The summed E-state index contributed by atoms with van der Waals surface area (Å²) in [6.45, 7) is 0. The van der Waals surface area contributed by atoms with E-state index in [1.807, 2.05) is 24.3 Å². The lowest BCUT2D eigenvalue weighted by atomic mass is 10.1. The first-order valence-corrected chi connectivity index (χ1v) is 8.31. The van der Waals surface area contributed by atoms with E-state index in [0.717, 1.165) is 11.4 Å². The SMILES string of the molecule is COc1cccc(C(=O)N[C@@H]2C[C@H]3Oc4ccccc4N[C@H]3[C@@H]2O)c1. The fourth-order valence-electron chi connectivity index (χ4n) is 3.50. The van der Waals surface area contributed by atoms with Crippen molar-refractivity contribution in [3.05, 3.63) is 54.1 Å². The van der Waals surface area contributed by atoms with Gasteiger partial charge < -0.3 is 25.2 Å². The molecule has 1 amide bonds. The van der Waals surface area contributed by atoms with E-state index in [0.29, 0.717) is 17.7 Å². The van der Waals surface area contributed by atoms with E-state index in [9.17, 15) is 9.90 Å². The normalized spacial score (nSPS) is 26.6. The molecule has 6 nitrogen and oxygen atoms in total. The van der Waals surface area contributed by atoms with Gasteiger partial charge in [0.15, 0.2) is 0 Å². The van der Waals surface area contributed by atoms with Crippen LogP contribution in [-0.2, 0) is 0 Å². The van der Waals surface area contributed by atoms with Gasteiger partial charge in [-0.05, 0) is 30.3 Å². The molecular weight excluding hydrogens is 320 g/mol. The topological polar surface area (TPSA) is 79.8 Å². The number of para-hydroxylation sites is 2. The molecule has 0 unspecified atom stereocenters. The first-order chi connectivity index (χ1) is 12.2. The van der Waals surface area contributed by atoms with Gasteiger partial charge in [0.05, 0.1) is 31.0 Å². The van der Waals surface area contributed by atoms with Crippen molar-refractivity contribution in [3.63, 3.8) is 0 Å². The minimum absolute atomic E-state index is 0.180. The second-order valence-electron chi connectivity index (χ2n) is 6.36. The van der Waals surface area contributed by atoms with Crippen molar-refractivity contribution in [2.45, 2.75) is 30.7 Å². The maximum atomic E-state index is 12.5. The van der Waals surface area contributed by atoms with E-state index >= 15 is 0 Å². The number of carbonyl (C=O) groups is 1. The van der Waals surface area contributed by atoms with Crippen molar-refractivity contribution in [2.24, 2.45) is 0 Å². The fraction of sp³-hybridized carbons (Fsp3) is 0.316. The van der Waals surface area contributed by atoms with Gasteiger partial charge in [-0.1, -0.05) is 18.2 Å². The van der Waals surface area contributed by atoms with Crippen LogP contribution in [0.25, 0.3) is 0 Å². The number of amides is 1. The van der Waals surface area contributed by atoms with Gasteiger partial charge in [-0.3, -0.25) is 4.79 Å². The van der Waals surface area contributed by atoms with Crippen LogP contribution in [0.15, 0.2) is 48.5 Å². The van der Waals surface area contributed by atoms with Crippen LogP contribution in [0.1, 0.15) is 16.8 Å². The first kappa shape index (κ1) is 15.8. The Hall–Kier alpha value is -2.73. The third-order valence-corrected chi connectivity index (χ3v) is 4.80. The lowest BCUT2D eigenvalue weighted by Crippen LogP contribution is -2.47. The molecule has 4 atom stereocenters. The molecular formula is C19H20N2O4. The third-order valence-electron chi connectivity index (χ3n) is 4.80. The molecule has 0 aromatic heterocycles. The van der Waals surface area contributed by atoms with Crippen molar-refractivity contribution < 1.29 is 19.4 Å². The largest absolute Gasteiger partial charge is 0.497 e. The summed E-state index contributed by atoms with van der Waals surface area (Å²) in [7, 11) is 1.56. The van der Waals surface area contributed by atoms with Crippen molar-refractivity contribution in [2.75, 3.05) is 12.4 Å². The summed E-state index contributed by atoms with van der Waals surface area (Å²) >= 11 is 0. The van der Waals surface area contributed by atoms with Crippen LogP contribution in [0.4, 0.5) is 5.69 Å². The second kappa shape index (κ2) is 6.29. The number of methoxy groups -OCH3 is 1. The van der Waals surface area contributed by atoms with Gasteiger partial charge in [0.1, 0.15) is 17.6 Å². The Bertz CT molecular complexity index is 794. The molecule has 0 radical (unpaired) electrons. The summed E-state index contributed by atoms with van der Waals surface area (Å²) in [5.41, 5.74) is 1.36. The minimum atomic E-state index is -0.729. The molecule has 6 heteroatoms. The molecule has 4 rings (SSSR count). The zero-order valence-electron chi connectivity index (χ0n) is 13.8. The smallest absolute Gasteiger partial charge is 0.251 e. The highest BCUT2D eigenvalue weighted by Gasteiger charge is 2.46. The Kier molecular flexibility index (Phi) is 3.97. The van der Waals surface area contributed by atoms with E-state index in [-0.39, 0.29) is 24.1 Å². The number of fused-ring (bicyclic) bond motifs is 2. The lowest BCUT2D eigenvalue weighted by Gasteiger charge is -2.31. The average molecular weight is 340 g/mol. The molecule has 130 valence electrons. The van der Waals surface area contributed by atoms with Gasteiger partial charge in [-0.15, -0.1) is 0 Å². The molecule has 1 saturated carbocycles. The van der Waals surface area contributed by atoms with Crippen molar-refractivity contribution >= 4 is 11.6 Å². The van der Waals surface area contributed by atoms with Crippen molar-refractivity contribution in [1.29, 1.82) is 0 Å². The van der Waals surface area contributed by atoms with E-state index in [2.05, 4.69) is 10.6 Å². The Morgan fingerprint density at radius 3 is 2.96 bits per heavy atom. The van der Waals surface area contributed by atoms with E-state index < -0.39 is 6.10 Å². The quantitative estimate of drug-likeness (QED) is 0.794. The predicted molar refractivity (Wildman–Crippen MR) is 93.1 cm³/mol. The van der Waals surface area contributed by atoms with E-state index in [4.69, 9.17) is 9.47 Å². The monoisotopic (exact) mass is 340 g/mol. The number of aliphatic hydroxyl groups excluding tert-OH is 1. The Morgan fingerprint density at radius 2 is 2.12 bits per heavy atom. The molecule has 3 N–H and O–H groups in total. The highest BCUT2D eigenvalue weighted by molar-refractivity contribution is 5.94. The van der Waals surface area contributed by atoms with Gasteiger partial charge in [-0.25, -0.2) is 0 Å². The molecule has 25 heavy (non-hydrogen) atoms. The van der Waals surface area contributed by atoms with Crippen LogP contribution >= 0.6 is 0 Å². The molecule has 0 bridgehead atoms. The predicted octanol–water partition coefficient (Wildman–Crippen LogP) is 1.80. The highest BCUT2D eigenvalue weighted by Crippen LogP contribution is 2.37. The molecule has 1 heterocycles. The van der Waals surface area contributed by atoms with Crippen LogP contribution in [0.5, 0.6) is 11.5 Å². The Balaban J connectivity index is 1.47. The second-order valence-corrected chi connectivity index (χ2v) is 6.36. The Labute approximate surface area is 145 Å². The maximum Gasteiger partial charge on any atom is 0.251 e. The number of benzene rings is 2. The van der Waals surface area contributed by atoms with Gasteiger partial charge in [0.2, 0.25) is 0 Å². The summed E-state index contributed by atoms with van der Waals surface area (Å²) in [5, 5.41) is 16.9. The minimum Gasteiger partial charge on any atom is -0.497 e. The van der Waals surface area contributed by atoms with Gasteiger partial charge in [0, 0.05) is 12.0 Å². The molecule has 0 spiro atoms. The summed E-state index contributed by atoms with van der Waals surface area (Å²) in [5.74, 6) is 1.16. The van der Waals surface area contributed by atoms with Crippen LogP contribution in [0.2, 0.25) is 0 Å². The molecule has 2 aromatic carbocycles. The summed E-state index contributed by atoms with van der Waals surface area (Å²) in [6.07, 6.45) is -0.364. The highest BCUT2D eigenvalue weighted by atomic mass is 16.5. The van der Waals surface area contributed by atoms with E-state index in [1.54, 1.807) is 31.4 Å².